The predicted octanol–water partition coefficient (Wildman–Crippen LogP) is 2.83. The molecule has 14 heavy (non-hydrogen) atoms. The summed E-state index contributed by atoms with van der Waals surface area (Å²) in [5.74, 6) is 1.17. The summed E-state index contributed by atoms with van der Waals surface area (Å²) in [5.41, 5.74) is 0.915. The zero-order valence-electron chi connectivity index (χ0n) is 8.57. The first kappa shape index (κ1) is 11.4. The van der Waals surface area contributed by atoms with Gasteiger partial charge in [0.2, 0.25) is 0 Å². The molecule has 1 rings (SSSR count). The Balaban J connectivity index is 2.64. The van der Waals surface area contributed by atoms with Gasteiger partial charge in [-0.2, -0.15) is 12.6 Å². The fraction of sp³-hybridized carbons (Fsp3) is 0.455. The normalized spacial score (nSPS) is 12.6. The van der Waals surface area contributed by atoms with E-state index in [1.165, 1.54) is 6.07 Å². The molecule has 1 nitrogen and oxygen atoms in total. The van der Waals surface area contributed by atoms with Crippen LogP contribution in [0.1, 0.15) is 6.92 Å². The third-order valence-corrected chi connectivity index (χ3v) is 2.77. The lowest BCUT2D eigenvalue weighted by molar-refractivity contribution is 0.622. The van der Waals surface area contributed by atoms with Crippen molar-refractivity contribution >= 4 is 18.3 Å². The molecule has 0 aromatic heterocycles. The molecule has 0 saturated heterocycles. The molecular formula is C11H16FNS. The van der Waals surface area contributed by atoms with E-state index in [2.05, 4.69) is 19.6 Å². The van der Waals surface area contributed by atoms with E-state index in [0.29, 0.717) is 5.92 Å². The van der Waals surface area contributed by atoms with E-state index in [4.69, 9.17) is 0 Å². The van der Waals surface area contributed by atoms with Gasteiger partial charge in [0.15, 0.2) is 0 Å². The van der Waals surface area contributed by atoms with E-state index < -0.39 is 0 Å². The first-order valence-electron chi connectivity index (χ1n) is 4.71. The molecule has 0 saturated carbocycles. The van der Waals surface area contributed by atoms with E-state index in [-0.39, 0.29) is 5.82 Å². The quantitative estimate of drug-likeness (QED) is 0.753. The number of halogens is 1. The minimum absolute atomic E-state index is 0.187. The van der Waals surface area contributed by atoms with Crippen molar-refractivity contribution in [1.29, 1.82) is 0 Å². The van der Waals surface area contributed by atoms with Gasteiger partial charge in [0, 0.05) is 19.3 Å². The van der Waals surface area contributed by atoms with Crippen LogP contribution in [0.2, 0.25) is 0 Å². The molecular weight excluding hydrogens is 197 g/mol. The summed E-state index contributed by atoms with van der Waals surface area (Å²) in [4.78, 5) is 2.05. The number of rotatable bonds is 4. The van der Waals surface area contributed by atoms with Crippen LogP contribution in [-0.4, -0.2) is 19.3 Å². The number of hydrogen-bond acceptors (Lipinski definition) is 2. The zero-order chi connectivity index (χ0) is 10.6. The van der Waals surface area contributed by atoms with Gasteiger partial charge in [-0.25, -0.2) is 4.39 Å². The molecule has 0 amide bonds. The summed E-state index contributed by atoms with van der Waals surface area (Å²) >= 11 is 4.22. The molecule has 0 aliphatic heterocycles. The van der Waals surface area contributed by atoms with Gasteiger partial charge in [-0.15, -0.1) is 0 Å². The summed E-state index contributed by atoms with van der Waals surface area (Å²) < 4.78 is 12.9. The van der Waals surface area contributed by atoms with Crippen LogP contribution in [0.3, 0.4) is 0 Å². The third-order valence-electron chi connectivity index (χ3n) is 2.15. The topological polar surface area (TPSA) is 3.24 Å². The van der Waals surface area contributed by atoms with Crippen molar-refractivity contribution in [2.75, 3.05) is 24.2 Å². The van der Waals surface area contributed by atoms with Gasteiger partial charge in [-0.05, 0) is 29.9 Å². The Hall–Kier alpha value is -0.700. The van der Waals surface area contributed by atoms with E-state index in [9.17, 15) is 4.39 Å². The number of hydrogen-bond donors (Lipinski definition) is 1. The Morgan fingerprint density at radius 2 is 2.21 bits per heavy atom. The summed E-state index contributed by atoms with van der Waals surface area (Å²) in [6.07, 6.45) is 0. The molecule has 3 heteroatoms. The highest BCUT2D eigenvalue weighted by Crippen LogP contribution is 2.15. The van der Waals surface area contributed by atoms with Crippen molar-refractivity contribution < 1.29 is 4.39 Å². The van der Waals surface area contributed by atoms with Gasteiger partial charge < -0.3 is 4.90 Å². The van der Waals surface area contributed by atoms with Crippen molar-refractivity contribution in [2.45, 2.75) is 6.92 Å². The van der Waals surface area contributed by atoms with Crippen molar-refractivity contribution in [3.05, 3.63) is 30.1 Å². The average Bonchev–Trinajstić information content (AvgIpc) is 2.17. The summed E-state index contributed by atoms with van der Waals surface area (Å²) in [6, 6.07) is 6.64. The highest BCUT2D eigenvalue weighted by Gasteiger charge is 2.05. The van der Waals surface area contributed by atoms with Crippen molar-refractivity contribution in [3.63, 3.8) is 0 Å². The SMILES string of the molecule is CC(CS)CN(C)c1cccc(F)c1. The smallest absolute Gasteiger partial charge is 0.125 e. The van der Waals surface area contributed by atoms with Gasteiger partial charge in [-0.3, -0.25) is 0 Å². The van der Waals surface area contributed by atoms with Crippen molar-refractivity contribution in [2.24, 2.45) is 5.92 Å². The summed E-state index contributed by atoms with van der Waals surface area (Å²) in [6.45, 7) is 3.02. The van der Waals surface area contributed by atoms with Crippen LogP contribution in [-0.2, 0) is 0 Å². The first-order valence-corrected chi connectivity index (χ1v) is 5.34. The van der Waals surface area contributed by atoms with Crippen LogP contribution < -0.4 is 4.90 Å². The number of thiol groups is 1. The molecule has 1 aromatic rings. The molecule has 0 bridgehead atoms. The van der Waals surface area contributed by atoms with E-state index >= 15 is 0 Å². The Morgan fingerprint density at radius 1 is 1.50 bits per heavy atom. The monoisotopic (exact) mass is 213 g/mol. The van der Waals surface area contributed by atoms with Crippen LogP contribution in [0.4, 0.5) is 10.1 Å². The second-order valence-electron chi connectivity index (χ2n) is 3.65. The van der Waals surface area contributed by atoms with Crippen LogP contribution in [0.5, 0.6) is 0 Å². The Morgan fingerprint density at radius 3 is 2.79 bits per heavy atom. The first-order chi connectivity index (χ1) is 6.63. The molecule has 1 aromatic carbocycles. The fourth-order valence-corrected chi connectivity index (χ4v) is 1.46. The summed E-state index contributed by atoms with van der Waals surface area (Å²) in [7, 11) is 1.97. The van der Waals surface area contributed by atoms with Crippen LogP contribution in [0.15, 0.2) is 24.3 Å². The Bertz CT molecular complexity index is 290. The second kappa shape index (κ2) is 5.25. The van der Waals surface area contributed by atoms with Crippen LogP contribution >= 0.6 is 12.6 Å². The lowest BCUT2D eigenvalue weighted by atomic mass is 10.2. The van der Waals surface area contributed by atoms with E-state index in [0.717, 1.165) is 18.0 Å². The molecule has 1 unspecified atom stereocenters. The molecule has 0 fully saturated rings. The van der Waals surface area contributed by atoms with Gasteiger partial charge >= 0.3 is 0 Å². The molecule has 78 valence electrons. The molecule has 0 spiro atoms. The van der Waals surface area contributed by atoms with E-state index in [1.807, 2.05) is 18.0 Å². The minimum Gasteiger partial charge on any atom is -0.374 e. The standard InChI is InChI=1S/C11H16FNS/c1-9(8-14)7-13(2)11-5-3-4-10(12)6-11/h3-6,9,14H,7-8H2,1-2H3. The number of benzene rings is 1. The third kappa shape index (κ3) is 3.22. The number of anilines is 1. The van der Waals surface area contributed by atoms with Gasteiger partial charge in [0.25, 0.3) is 0 Å². The maximum absolute atomic E-state index is 12.9. The average molecular weight is 213 g/mol. The largest absolute Gasteiger partial charge is 0.374 e. The molecule has 0 aliphatic rings. The molecule has 0 N–H and O–H groups in total. The zero-order valence-corrected chi connectivity index (χ0v) is 9.47. The highest BCUT2D eigenvalue weighted by molar-refractivity contribution is 7.80. The summed E-state index contributed by atoms with van der Waals surface area (Å²) in [5, 5.41) is 0. The van der Waals surface area contributed by atoms with Gasteiger partial charge in [0.1, 0.15) is 5.82 Å². The predicted molar refractivity (Wildman–Crippen MR) is 62.7 cm³/mol. The number of nitrogens with zero attached hydrogens (tertiary/aromatic N) is 1. The van der Waals surface area contributed by atoms with Crippen LogP contribution in [0, 0.1) is 11.7 Å². The van der Waals surface area contributed by atoms with Gasteiger partial charge in [-0.1, -0.05) is 13.0 Å². The van der Waals surface area contributed by atoms with Gasteiger partial charge in [0.05, 0.1) is 0 Å². The fourth-order valence-electron chi connectivity index (χ4n) is 1.34. The minimum atomic E-state index is -0.187. The van der Waals surface area contributed by atoms with Crippen molar-refractivity contribution in [1.82, 2.24) is 0 Å². The second-order valence-corrected chi connectivity index (χ2v) is 4.01. The lowest BCUT2D eigenvalue weighted by Crippen LogP contribution is -2.24. The highest BCUT2D eigenvalue weighted by atomic mass is 32.1. The van der Waals surface area contributed by atoms with Crippen molar-refractivity contribution in [3.8, 4) is 0 Å². The van der Waals surface area contributed by atoms with Crippen LogP contribution in [0.25, 0.3) is 0 Å². The molecule has 1 atom stereocenters. The lowest BCUT2D eigenvalue weighted by Gasteiger charge is -2.22. The molecule has 0 radical (unpaired) electrons. The maximum atomic E-state index is 12.9. The van der Waals surface area contributed by atoms with E-state index in [1.54, 1.807) is 12.1 Å². The molecule has 0 heterocycles. The maximum Gasteiger partial charge on any atom is 0.125 e. The Kier molecular flexibility index (Phi) is 4.26. The Labute approximate surface area is 90.3 Å². The molecule has 0 aliphatic carbocycles.